The molecule has 0 aliphatic rings. The number of aliphatic hydroxyl groups is 1. The van der Waals surface area contributed by atoms with Crippen LogP contribution in [0.25, 0.3) is 0 Å². The first kappa shape index (κ1) is 13.3. The molecule has 0 aliphatic heterocycles. The molecule has 0 fully saturated rings. The van der Waals surface area contributed by atoms with E-state index in [4.69, 9.17) is 4.42 Å². The van der Waals surface area contributed by atoms with Gasteiger partial charge >= 0.3 is 0 Å². The highest BCUT2D eigenvalue weighted by Crippen LogP contribution is 2.21. The molecule has 0 saturated carbocycles. The summed E-state index contributed by atoms with van der Waals surface area (Å²) in [6, 6.07) is 2.62. The van der Waals surface area contributed by atoms with Crippen molar-refractivity contribution in [3.63, 3.8) is 0 Å². The van der Waals surface area contributed by atoms with Crippen LogP contribution in [0.4, 0.5) is 0 Å². The molecule has 0 amide bonds. The monoisotopic (exact) mass is 225 g/mol. The molecule has 0 aromatic carbocycles. The van der Waals surface area contributed by atoms with Gasteiger partial charge in [-0.2, -0.15) is 0 Å². The predicted molar refractivity (Wildman–Crippen MR) is 65.5 cm³/mol. The van der Waals surface area contributed by atoms with Crippen molar-refractivity contribution in [2.24, 2.45) is 0 Å². The smallest absolute Gasteiger partial charge is 0.105 e. The second-order valence-electron chi connectivity index (χ2n) is 4.74. The van der Waals surface area contributed by atoms with Crippen molar-refractivity contribution >= 4 is 0 Å². The Morgan fingerprint density at radius 3 is 2.38 bits per heavy atom. The second kappa shape index (κ2) is 5.51. The van der Waals surface area contributed by atoms with Crippen molar-refractivity contribution in [3.05, 3.63) is 23.2 Å². The van der Waals surface area contributed by atoms with Gasteiger partial charge in [0.05, 0.1) is 6.10 Å². The summed E-state index contributed by atoms with van der Waals surface area (Å²) < 4.78 is 5.51. The highest BCUT2D eigenvalue weighted by atomic mass is 16.3. The van der Waals surface area contributed by atoms with Crippen LogP contribution in [0.5, 0.6) is 0 Å². The molecule has 1 heterocycles. The minimum Gasteiger partial charge on any atom is -0.466 e. The Bertz CT molecular complexity index is 331. The first-order chi connectivity index (χ1) is 7.40. The highest BCUT2D eigenvalue weighted by molar-refractivity contribution is 5.23. The van der Waals surface area contributed by atoms with E-state index in [1.54, 1.807) is 0 Å². The average Bonchev–Trinajstić information content (AvgIpc) is 2.43. The fraction of sp³-hybridized carbons (Fsp3) is 0.692. The number of furan rings is 1. The lowest BCUT2D eigenvalue weighted by Crippen LogP contribution is -2.31. The summed E-state index contributed by atoms with van der Waals surface area (Å²) in [4.78, 5) is 0. The van der Waals surface area contributed by atoms with Gasteiger partial charge in [0.2, 0.25) is 0 Å². The number of hydrogen-bond acceptors (Lipinski definition) is 3. The third-order valence-corrected chi connectivity index (χ3v) is 2.78. The maximum Gasteiger partial charge on any atom is 0.105 e. The van der Waals surface area contributed by atoms with Crippen LogP contribution in [0.3, 0.4) is 0 Å². The molecule has 3 heteroatoms. The van der Waals surface area contributed by atoms with E-state index in [2.05, 4.69) is 25.2 Å². The number of aryl methyl sites for hydroxylation is 2. The van der Waals surface area contributed by atoms with E-state index in [1.807, 2.05) is 20.8 Å². The van der Waals surface area contributed by atoms with E-state index in [1.165, 1.54) is 5.56 Å². The molecule has 3 unspecified atom stereocenters. The van der Waals surface area contributed by atoms with E-state index < -0.39 is 0 Å². The van der Waals surface area contributed by atoms with Crippen molar-refractivity contribution in [2.45, 2.75) is 59.2 Å². The van der Waals surface area contributed by atoms with Gasteiger partial charge in [0.1, 0.15) is 11.5 Å². The Morgan fingerprint density at radius 1 is 1.31 bits per heavy atom. The summed E-state index contributed by atoms with van der Waals surface area (Å²) >= 11 is 0. The van der Waals surface area contributed by atoms with E-state index in [0.717, 1.165) is 17.9 Å². The summed E-state index contributed by atoms with van der Waals surface area (Å²) in [6.07, 6.45) is 0.502. The Hall–Kier alpha value is -0.800. The predicted octanol–water partition coefficient (Wildman–Crippen LogP) is 2.71. The first-order valence-electron chi connectivity index (χ1n) is 5.91. The SMILES string of the molecule is Cc1cc(C(C)NC(C)CC(C)O)c(C)o1. The fourth-order valence-corrected chi connectivity index (χ4v) is 2.18. The largest absolute Gasteiger partial charge is 0.466 e. The molecule has 0 aliphatic carbocycles. The van der Waals surface area contributed by atoms with Crippen LogP contribution in [-0.4, -0.2) is 17.3 Å². The van der Waals surface area contributed by atoms with E-state index in [0.29, 0.717) is 6.04 Å². The summed E-state index contributed by atoms with van der Waals surface area (Å²) in [5.74, 6) is 1.92. The highest BCUT2D eigenvalue weighted by Gasteiger charge is 2.15. The standard InChI is InChI=1S/C13H23NO2/c1-8(6-9(2)15)14-11(4)13-7-10(3)16-12(13)5/h7-9,11,14-15H,6H2,1-5H3. The minimum atomic E-state index is -0.262. The molecule has 3 nitrogen and oxygen atoms in total. The Kier molecular flexibility index (Phi) is 4.56. The van der Waals surface area contributed by atoms with Gasteiger partial charge in [-0.25, -0.2) is 0 Å². The molecule has 0 radical (unpaired) electrons. The molecule has 1 aromatic rings. The molecule has 92 valence electrons. The van der Waals surface area contributed by atoms with Crippen molar-refractivity contribution in [2.75, 3.05) is 0 Å². The molecule has 0 saturated heterocycles. The van der Waals surface area contributed by atoms with Gasteiger partial charge < -0.3 is 14.8 Å². The lowest BCUT2D eigenvalue weighted by Gasteiger charge is -2.20. The first-order valence-corrected chi connectivity index (χ1v) is 5.91. The number of rotatable bonds is 5. The van der Waals surface area contributed by atoms with Crippen LogP contribution in [0.15, 0.2) is 10.5 Å². The van der Waals surface area contributed by atoms with E-state index in [9.17, 15) is 5.11 Å². The van der Waals surface area contributed by atoms with Crippen molar-refractivity contribution in [3.8, 4) is 0 Å². The zero-order valence-electron chi connectivity index (χ0n) is 10.9. The molecule has 0 spiro atoms. The normalized spacial score (nSPS) is 17.1. The molecule has 3 atom stereocenters. The lowest BCUT2D eigenvalue weighted by atomic mass is 10.1. The Balaban J connectivity index is 2.58. The zero-order chi connectivity index (χ0) is 12.3. The van der Waals surface area contributed by atoms with Gasteiger partial charge in [-0.15, -0.1) is 0 Å². The molecular formula is C13H23NO2. The minimum absolute atomic E-state index is 0.256. The second-order valence-corrected chi connectivity index (χ2v) is 4.74. The van der Waals surface area contributed by atoms with Crippen molar-refractivity contribution < 1.29 is 9.52 Å². The van der Waals surface area contributed by atoms with Crippen LogP contribution in [0.1, 0.15) is 50.3 Å². The van der Waals surface area contributed by atoms with Gasteiger partial charge in [0.15, 0.2) is 0 Å². The Morgan fingerprint density at radius 2 is 1.94 bits per heavy atom. The molecule has 16 heavy (non-hydrogen) atoms. The summed E-state index contributed by atoms with van der Waals surface area (Å²) in [5, 5.41) is 12.8. The van der Waals surface area contributed by atoms with Gasteiger partial charge in [-0.05, 0) is 47.1 Å². The van der Waals surface area contributed by atoms with Crippen LogP contribution >= 0.6 is 0 Å². The molecule has 1 aromatic heterocycles. The zero-order valence-corrected chi connectivity index (χ0v) is 10.9. The van der Waals surface area contributed by atoms with E-state index >= 15 is 0 Å². The lowest BCUT2D eigenvalue weighted by molar-refractivity contribution is 0.168. The van der Waals surface area contributed by atoms with Crippen LogP contribution in [0, 0.1) is 13.8 Å². The summed E-state index contributed by atoms with van der Waals surface area (Å²) in [7, 11) is 0. The molecular weight excluding hydrogens is 202 g/mol. The maximum atomic E-state index is 9.31. The van der Waals surface area contributed by atoms with Gasteiger partial charge in [-0.3, -0.25) is 0 Å². The van der Waals surface area contributed by atoms with Gasteiger partial charge in [0, 0.05) is 17.6 Å². The average molecular weight is 225 g/mol. The summed E-state index contributed by atoms with van der Waals surface area (Å²) in [6.45, 7) is 9.97. The maximum absolute atomic E-state index is 9.31. The fourth-order valence-electron chi connectivity index (χ4n) is 2.18. The quantitative estimate of drug-likeness (QED) is 0.810. The molecule has 0 bridgehead atoms. The third kappa shape index (κ3) is 3.65. The van der Waals surface area contributed by atoms with Gasteiger partial charge in [0.25, 0.3) is 0 Å². The summed E-state index contributed by atoms with van der Waals surface area (Å²) in [5.41, 5.74) is 1.20. The van der Waals surface area contributed by atoms with Crippen LogP contribution < -0.4 is 5.32 Å². The number of nitrogens with one attached hydrogen (secondary N) is 1. The van der Waals surface area contributed by atoms with Gasteiger partial charge in [-0.1, -0.05) is 0 Å². The molecule has 1 rings (SSSR count). The van der Waals surface area contributed by atoms with Crippen molar-refractivity contribution in [1.82, 2.24) is 5.32 Å². The number of aliphatic hydroxyl groups excluding tert-OH is 1. The molecule has 2 N–H and O–H groups in total. The van der Waals surface area contributed by atoms with Crippen molar-refractivity contribution in [1.29, 1.82) is 0 Å². The van der Waals surface area contributed by atoms with Crippen LogP contribution in [0.2, 0.25) is 0 Å². The van der Waals surface area contributed by atoms with Crippen LogP contribution in [-0.2, 0) is 0 Å². The third-order valence-electron chi connectivity index (χ3n) is 2.78. The topological polar surface area (TPSA) is 45.4 Å². The Labute approximate surface area is 97.9 Å². The number of hydrogen-bond donors (Lipinski definition) is 2. The van der Waals surface area contributed by atoms with E-state index in [-0.39, 0.29) is 12.1 Å².